The third kappa shape index (κ3) is 3.31. The first-order valence-corrected chi connectivity index (χ1v) is 8.31. The molecule has 0 radical (unpaired) electrons. The molecule has 0 atom stereocenters. The summed E-state index contributed by atoms with van der Waals surface area (Å²) in [6, 6.07) is 6.63. The van der Waals surface area contributed by atoms with Gasteiger partial charge in [0.15, 0.2) is 0 Å². The maximum Gasteiger partial charge on any atom is 0.258 e. The monoisotopic (exact) mass is 352 g/mol. The lowest BCUT2D eigenvalue weighted by atomic mass is 9.94. The summed E-state index contributed by atoms with van der Waals surface area (Å²) in [5.41, 5.74) is 2.75. The van der Waals surface area contributed by atoms with E-state index in [1.54, 1.807) is 23.4 Å². The molecule has 1 aliphatic heterocycles. The van der Waals surface area contributed by atoms with Crippen LogP contribution in [0.25, 0.3) is 0 Å². The third-order valence-electron chi connectivity index (χ3n) is 4.30. The van der Waals surface area contributed by atoms with Gasteiger partial charge in [-0.05, 0) is 42.3 Å². The zero-order valence-corrected chi connectivity index (χ0v) is 13.9. The molecule has 7 nitrogen and oxygen atoms in total. The molecule has 1 aromatic carbocycles. The topological polar surface area (TPSA) is 84.7 Å². The summed E-state index contributed by atoms with van der Waals surface area (Å²) in [6.07, 6.45) is 5.61. The van der Waals surface area contributed by atoms with Gasteiger partial charge in [-0.25, -0.2) is 14.1 Å². The van der Waals surface area contributed by atoms with E-state index in [0.717, 1.165) is 11.1 Å². The molecule has 3 aromatic rings. The fraction of sp³-hybridized carbons (Fsp3) is 0.222. The minimum atomic E-state index is -0.331. The van der Waals surface area contributed by atoms with Crippen LogP contribution < -0.4 is 10.6 Å². The number of aromatic nitrogens is 4. The first kappa shape index (κ1) is 16.3. The number of rotatable bonds is 4. The summed E-state index contributed by atoms with van der Waals surface area (Å²) in [4.78, 5) is 20.8. The van der Waals surface area contributed by atoms with Crippen molar-refractivity contribution in [1.82, 2.24) is 25.1 Å². The Morgan fingerprint density at radius 3 is 3.08 bits per heavy atom. The number of fused-ring (bicyclic) bond motifs is 1. The number of pyridine rings is 1. The summed E-state index contributed by atoms with van der Waals surface area (Å²) in [5.74, 6) is -0.407. The highest BCUT2D eigenvalue weighted by Gasteiger charge is 2.21. The highest BCUT2D eigenvalue weighted by molar-refractivity contribution is 6.04. The van der Waals surface area contributed by atoms with Crippen LogP contribution >= 0.6 is 0 Å². The molecule has 1 amide bonds. The summed E-state index contributed by atoms with van der Waals surface area (Å²) < 4.78 is 15.6. The highest BCUT2D eigenvalue weighted by Crippen LogP contribution is 2.22. The van der Waals surface area contributed by atoms with Gasteiger partial charge >= 0.3 is 0 Å². The second kappa shape index (κ2) is 7.01. The Balaban J connectivity index is 1.51. The average molecular weight is 352 g/mol. The van der Waals surface area contributed by atoms with Gasteiger partial charge in [0.25, 0.3) is 5.91 Å². The Morgan fingerprint density at radius 2 is 2.23 bits per heavy atom. The first-order valence-electron chi connectivity index (χ1n) is 8.31. The van der Waals surface area contributed by atoms with Crippen molar-refractivity contribution in [2.24, 2.45) is 0 Å². The van der Waals surface area contributed by atoms with Gasteiger partial charge < -0.3 is 5.32 Å². The zero-order chi connectivity index (χ0) is 17.9. The van der Waals surface area contributed by atoms with E-state index < -0.39 is 0 Å². The molecule has 0 spiro atoms. The molecule has 0 fully saturated rings. The van der Waals surface area contributed by atoms with Crippen molar-refractivity contribution in [3.8, 4) is 0 Å². The van der Waals surface area contributed by atoms with Crippen LogP contribution in [0, 0.1) is 5.82 Å². The Kier molecular flexibility index (Phi) is 4.40. The van der Waals surface area contributed by atoms with Gasteiger partial charge in [0.05, 0.1) is 6.54 Å². The van der Waals surface area contributed by atoms with Crippen LogP contribution in [0.5, 0.6) is 0 Å². The summed E-state index contributed by atoms with van der Waals surface area (Å²) in [6.45, 7) is 1.66. The molecule has 0 unspecified atom stereocenters. The smallest absolute Gasteiger partial charge is 0.258 e. The van der Waals surface area contributed by atoms with Crippen molar-refractivity contribution >= 4 is 11.9 Å². The fourth-order valence-electron chi connectivity index (χ4n) is 3.06. The lowest BCUT2D eigenvalue weighted by molar-refractivity contribution is 0.102. The minimum Gasteiger partial charge on any atom is -0.312 e. The largest absolute Gasteiger partial charge is 0.312 e. The lowest BCUT2D eigenvalue weighted by Gasteiger charge is -2.20. The van der Waals surface area contributed by atoms with E-state index in [2.05, 4.69) is 25.7 Å². The molecule has 2 N–H and O–H groups in total. The van der Waals surface area contributed by atoms with Crippen LogP contribution in [0.2, 0.25) is 0 Å². The van der Waals surface area contributed by atoms with E-state index in [-0.39, 0.29) is 17.7 Å². The Morgan fingerprint density at radius 1 is 1.31 bits per heavy atom. The summed E-state index contributed by atoms with van der Waals surface area (Å²) >= 11 is 0. The van der Waals surface area contributed by atoms with Crippen LogP contribution in [-0.4, -0.2) is 32.2 Å². The van der Waals surface area contributed by atoms with E-state index >= 15 is 0 Å². The molecule has 26 heavy (non-hydrogen) atoms. The molecule has 2 aromatic heterocycles. The maximum atomic E-state index is 13.9. The van der Waals surface area contributed by atoms with Gasteiger partial charge in [-0.15, -0.1) is 5.10 Å². The van der Waals surface area contributed by atoms with Gasteiger partial charge in [0.1, 0.15) is 12.1 Å². The zero-order valence-electron chi connectivity index (χ0n) is 13.9. The fourth-order valence-corrected chi connectivity index (χ4v) is 3.06. The van der Waals surface area contributed by atoms with Gasteiger partial charge in [-0.3, -0.25) is 15.1 Å². The predicted octanol–water partition coefficient (Wildman–Crippen LogP) is 1.76. The van der Waals surface area contributed by atoms with Crippen LogP contribution in [0.4, 0.5) is 10.3 Å². The number of hydrogen-bond acceptors (Lipinski definition) is 5. The van der Waals surface area contributed by atoms with E-state index in [4.69, 9.17) is 0 Å². The van der Waals surface area contributed by atoms with E-state index in [9.17, 15) is 9.18 Å². The van der Waals surface area contributed by atoms with Crippen molar-refractivity contribution < 1.29 is 9.18 Å². The quantitative estimate of drug-likeness (QED) is 0.747. The van der Waals surface area contributed by atoms with Crippen molar-refractivity contribution in [2.75, 3.05) is 11.9 Å². The normalized spacial score (nSPS) is 13.3. The summed E-state index contributed by atoms with van der Waals surface area (Å²) in [7, 11) is 0. The minimum absolute atomic E-state index is 0.214. The van der Waals surface area contributed by atoms with Crippen molar-refractivity contribution in [3.05, 3.63) is 71.1 Å². The average Bonchev–Trinajstić information content (AvgIpc) is 3.10. The number of hydrogen-bond donors (Lipinski definition) is 2. The first-order chi connectivity index (χ1) is 12.7. The number of carbonyl (C=O) groups is 1. The summed E-state index contributed by atoms with van der Waals surface area (Å²) in [5, 5.41) is 10.1. The second-order valence-electron chi connectivity index (χ2n) is 6.06. The molecule has 8 heteroatoms. The number of amides is 1. The van der Waals surface area contributed by atoms with Crippen molar-refractivity contribution in [1.29, 1.82) is 0 Å². The van der Waals surface area contributed by atoms with Gasteiger partial charge in [0.2, 0.25) is 5.95 Å². The van der Waals surface area contributed by atoms with Crippen LogP contribution in [-0.2, 0) is 19.5 Å². The van der Waals surface area contributed by atoms with Crippen LogP contribution in [0.3, 0.4) is 0 Å². The molecule has 0 aliphatic carbocycles. The number of carbonyl (C=O) groups excluding carboxylic acids is 1. The van der Waals surface area contributed by atoms with E-state index in [1.807, 2.05) is 12.1 Å². The number of benzene rings is 1. The highest BCUT2D eigenvalue weighted by atomic mass is 19.1. The number of nitrogens with one attached hydrogen (secondary N) is 2. The SMILES string of the molecule is O=C(Nc1ncn(Cc2cccnc2)n1)c1ccc(F)c2c1CCNC2. The van der Waals surface area contributed by atoms with Crippen LogP contribution in [0.1, 0.15) is 27.0 Å². The van der Waals surface area contributed by atoms with Gasteiger partial charge in [0, 0.05) is 30.1 Å². The third-order valence-corrected chi connectivity index (χ3v) is 4.30. The van der Waals surface area contributed by atoms with E-state index in [0.29, 0.717) is 37.2 Å². The van der Waals surface area contributed by atoms with Gasteiger partial charge in [-0.2, -0.15) is 0 Å². The van der Waals surface area contributed by atoms with Crippen LogP contribution in [0.15, 0.2) is 43.0 Å². The lowest BCUT2D eigenvalue weighted by Crippen LogP contribution is -2.28. The Hall–Kier alpha value is -3.13. The maximum absolute atomic E-state index is 13.9. The van der Waals surface area contributed by atoms with E-state index in [1.165, 1.54) is 12.1 Å². The number of anilines is 1. The molecule has 132 valence electrons. The molecule has 3 heterocycles. The molecule has 0 saturated heterocycles. The predicted molar refractivity (Wildman–Crippen MR) is 93.1 cm³/mol. The second-order valence-corrected chi connectivity index (χ2v) is 6.06. The Labute approximate surface area is 149 Å². The molecule has 1 aliphatic rings. The van der Waals surface area contributed by atoms with Gasteiger partial charge in [-0.1, -0.05) is 6.07 Å². The standard InChI is InChI=1S/C18H17FN6O/c19-16-4-3-14(13-5-7-21-9-15(13)16)17(26)23-18-22-11-25(24-18)10-12-2-1-6-20-8-12/h1-4,6,8,11,21H,5,7,9-10H2,(H,23,24,26). The van der Waals surface area contributed by atoms with Crippen molar-refractivity contribution in [3.63, 3.8) is 0 Å². The molecule has 0 saturated carbocycles. The number of nitrogens with zero attached hydrogens (tertiary/aromatic N) is 4. The molecular formula is C18H17FN6O. The van der Waals surface area contributed by atoms with Crippen molar-refractivity contribution in [2.45, 2.75) is 19.5 Å². The molecule has 4 rings (SSSR count). The molecule has 0 bridgehead atoms. The number of halogens is 1. The Bertz CT molecular complexity index is 940. The molecular weight excluding hydrogens is 335 g/mol.